The molecule has 6 nitrogen and oxygen atoms in total. The highest BCUT2D eigenvalue weighted by atomic mass is 35.5. The number of aromatic nitrogens is 4. The maximum atomic E-state index is 11.6. The van der Waals surface area contributed by atoms with Gasteiger partial charge in [-0.1, -0.05) is 23.4 Å². The van der Waals surface area contributed by atoms with Gasteiger partial charge in [0.15, 0.2) is 16.3 Å². The molecule has 0 aliphatic heterocycles. The maximum absolute atomic E-state index is 11.6. The molecular weight excluding hydrogens is 286 g/mol. The van der Waals surface area contributed by atoms with E-state index in [0.717, 1.165) is 4.90 Å². The molecule has 96 valence electrons. The molecule has 2 aromatic heterocycles. The predicted molar refractivity (Wildman–Crippen MR) is 74.5 cm³/mol. The van der Waals surface area contributed by atoms with E-state index in [1.165, 1.54) is 11.8 Å². The van der Waals surface area contributed by atoms with Gasteiger partial charge < -0.3 is 10.7 Å². The molecule has 0 amide bonds. The number of H-pyrrole nitrogens is 2. The number of imidazole rings is 1. The summed E-state index contributed by atoms with van der Waals surface area (Å²) in [6, 6.07) is 7.31. The van der Waals surface area contributed by atoms with Gasteiger partial charge in [-0.05, 0) is 24.3 Å². The molecule has 0 aliphatic rings. The number of nitrogens with zero attached hydrogens (tertiary/aromatic N) is 2. The third-order valence-electron chi connectivity index (χ3n) is 2.39. The first-order chi connectivity index (χ1) is 9.11. The lowest BCUT2D eigenvalue weighted by Gasteiger charge is -1.96. The zero-order chi connectivity index (χ0) is 13.4. The van der Waals surface area contributed by atoms with Crippen molar-refractivity contribution < 1.29 is 0 Å². The summed E-state index contributed by atoms with van der Waals surface area (Å²) in [5.41, 5.74) is 5.74. The number of halogens is 1. The smallest absolute Gasteiger partial charge is 0.278 e. The Labute approximate surface area is 116 Å². The van der Waals surface area contributed by atoms with Gasteiger partial charge in [0.1, 0.15) is 0 Å². The second-order valence-corrected chi connectivity index (χ2v) is 5.25. The summed E-state index contributed by atoms with van der Waals surface area (Å²) >= 11 is 7.19. The quantitative estimate of drug-likeness (QED) is 0.671. The molecule has 1 aromatic carbocycles. The van der Waals surface area contributed by atoms with E-state index in [2.05, 4.69) is 19.9 Å². The van der Waals surface area contributed by atoms with Crippen molar-refractivity contribution in [3.63, 3.8) is 0 Å². The van der Waals surface area contributed by atoms with Crippen molar-refractivity contribution >= 4 is 40.5 Å². The Morgan fingerprint density at radius 3 is 2.63 bits per heavy atom. The summed E-state index contributed by atoms with van der Waals surface area (Å²) in [5.74, 6) is 0.0482. The predicted octanol–water partition coefficient (Wildman–Crippen LogP) is 2.03. The monoisotopic (exact) mass is 293 g/mol. The SMILES string of the molecule is Nc1nc2nc(Sc3ccc(Cl)cc3)[nH]c2c(=O)[nH]1. The van der Waals surface area contributed by atoms with Crippen LogP contribution in [0, 0.1) is 0 Å². The van der Waals surface area contributed by atoms with E-state index in [1.807, 2.05) is 12.1 Å². The Morgan fingerprint density at radius 1 is 1.16 bits per heavy atom. The van der Waals surface area contributed by atoms with Crippen LogP contribution in [0.15, 0.2) is 39.1 Å². The molecule has 2 heterocycles. The lowest BCUT2D eigenvalue weighted by atomic mass is 10.4. The fraction of sp³-hybridized carbons (Fsp3) is 0. The highest BCUT2D eigenvalue weighted by Crippen LogP contribution is 2.27. The average Bonchev–Trinajstić information content (AvgIpc) is 2.75. The third-order valence-corrected chi connectivity index (χ3v) is 3.53. The van der Waals surface area contributed by atoms with Crippen LogP contribution in [0.2, 0.25) is 5.02 Å². The van der Waals surface area contributed by atoms with Crippen molar-refractivity contribution in [1.82, 2.24) is 19.9 Å². The number of hydrogen-bond acceptors (Lipinski definition) is 5. The summed E-state index contributed by atoms with van der Waals surface area (Å²) < 4.78 is 0. The van der Waals surface area contributed by atoms with Gasteiger partial charge in [0, 0.05) is 9.92 Å². The Kier molecular flexibility index (Phi) is 2.92. The molecule has 4 N–H and O–H groups in total. The second-order valence-electron chi connectivity index (χ2n) is 3.75. The van der Waals surface area contributed by atoms with Gasteiger partial charge in [-0.15, -0.1) is 0 Å². The normalized spacial score (nSPS) is 11.0. The van der Waals surface area contributed by atoms with E-state index in [1.54, 1.807) is 12.1 Å². The van der Waals surface area contributed by atoms with Crippen molar-refractivity contribution in [2.24, 2.45) is 0 Å². The molecule has 3 rings (SSSR count). The van der Waals surface area contributed by atoms with E-state index >= 15 is 0 Å². The minimum atomic E-state index is -0.335. The number of rotatable bonds is 2. The molecule has 0 atom stereocenters. The van der Waals surface area contributed by atoms with Crippen LogP contribution in [0.3, 0.4) is 0 Å². The number of benzene rings is 1. The molecule has 0 fully saturated rings. The van der Waals surface area contributed by atoms with Crippen LogP contribution in [0.4, 0.5) is 5.95 Å². The molecule has 3 aromatic rings. The molecular formula is C11H8ClN5OS. The second kappa shape index (κ2) is 4.60. The molecule has 0 unspecified atom stereocenters. The summed E-state index contributed by atoms with van der Waals surface area (Å²) in [6.45, 7) is 0. The first-order valence-electron chi connectivity index (χ1n) is 5.31. The molecule has 8 heteroatoms. The fourth-order valence-electron chi connectivity index (χ4n) is 1.57. The molecule has 0 bridgehead atoms. The van der Waals surface area contributed by atoms with Crippen molar-refractivity contribution in [3.8, 4) is 0 Å². The van der Waals surface area contributed by atoms with Gasteiger partial charge in [-0.3, -0.25) is 9.78 Å². The molecule has 19 heavy (non-hydrogen) atoms. The number of fused-ring (bicyclic) bond motifs is 1. The fourth-order valence-corrected chi connectivity index (χ4v) is 2.47. The molecule has 0 saturated carbocycles. The minimum absolute atomic E-state index is 0.0482. The van der Waals surface area contributed by atoms with E-state index in [-0.39, 0.29) is 11.5 Å². The summed E-state index contributed by atoms with van der Waals surface area (Å²) in [6.07, 6.45) is 0. The number of nitrogen functional groups attached to an aromatic ring is 1. The van der Waals surface area contributed by atoms with Crippen LogP contribution in [-0.2, 0) is 0 Å². The first-order valence-corrected chi connectivity index (χ1v) is 6.50. The lowest BCUT2D eigenvalue weighted by molar-refractivity contribution is 1.07. The van der Waals surface area contributed by atoms with Gasteiger partial charge in [0.25, 0.3) is 5.56 Å². The summed E-state index contributed by atoms with van der Waals surface area (Å²) in [7, 11) is 0. The highest BCUT2D eigenvalue weighted by Gasteiger charge is 2.09. The zero-order valence-corrected chi connectivity index (χ0v) is 11.0. The standard InChI is InChI=1S/C11H8ClN5OS/c12-5-1-3-6(4-2-5)19-11-14-7-8(16-11)15-10(13)17-9(7)18/h1-4H,(H4,13,14,15,16,17,18). The van der Waals surface area contributed by atoms with Crippen LogP contribution in [0.5, 0.6) is 0 Å². The summed E-state index contributed by atoms with van der Waals surface area (Å²) in [4.78, 5) is 26.1. The Hall–Kier alpha value is -1.99. The largest absolute Gasteiger partial charge is 0.369 e. The van der Waals surface area contributed by atoms with Gasteiger partial charge in [-0.25, -0.2) is 4.98 Å². The van der Waals surface area contributed by atoms with Crippen molar-refractivity contribution in [2.45, 2.75) is 10.1 Å². The van der Waals surface area contributed by atoms with Gasteiger partial charge in [0.2, 0.25) is 5.95 Å². The zero-order valence-electron chi connectivity index (χ0n) is 9.48. The van der Waals surface area contributed by atoms with E-state index in [0.29, 0.717) is 21.3 Å². The molecule has 0 radical (unpaired) electrons. The number of nitrogens with two attached hydrogens (primary N) is 1. The Balaban J connectivity index is 2.00. The Bertz CT molecular complexity index is 795. The average molecular weight is 294 g/mol. The van der Waals surface area contributed by atoms with Crippen LogP contribution >= 0.6 is 23.4 Å². The van der Waals surface area contributed by atoms with Crippen LogP contribution < -0.4 is 11.3 Å². The number of nitrogens with one attached hydrogen (secondary N) is 2. The lowest BCUT2D eigenvalue weighted by Crippen LogP contribution is -2.10. The van der Waals surface area contributed by atoms with Crippen LogP contribution in [-0.4, -0.2) is 19.9 Å². The first kappa shape index (κ1) is 12.1. The van der Waals surface area contributed by atoms with Gasteiger partial charge in [0.05, 0.1) is 0 Å². The van der Waals surface area contributed by atoms with Gasteiger partial charge >= 0.3 is 0 Å². The third kappa shape index (κ3) is 2.42. The Morgan fingerprint density at radius 2 is 1.89 bits per heavy atom. The molecule has 0 spiro atoms. The van der Waals surface area contributed by atoms with Crippen molar-refractivity contribution in [3.05, 3.63) is 39.6 Å². The van der Waals surface area contributed by atoms with Crippen LogP contribution in [0.1, 0.15) is 0 Å². The van der Waals surface area contributed by atoms with E-state index in [9.17, 15) is 4.79 Å². The van der Waals surface area contributed by atoms with Gasteiger partial charge in [-0.2, -0.15) is 4.98 Å². The van der Waals surface area contributed by atoms with Crippen molar-refractivity contribution in [1.29, 1.82) is 0 Å². The molecule has 0 aliphatic carbocycles. The molecule has 0 saturated heterocycles. The van der Waals surface area contributed by atoms with Crippen molar-refractivity contribution in [2.75, 3.05) is 5.73 Å². The topological polar surface area (TPSA) is 100 Å². The summed E-state index contributed by atoms with van der Waals surface area (Å²) in [5, 5.41) is 1.24. The number of anilines is 1. The van der Waals surface area contributed by atoms with Crippen LogP contribution in [0.25, 0.3) is 11.2 Å². The number of aromatic amines is 2. The minimum Gasteiger partial charge on any atom is -0.369 e. The van der Waals surface area contributed by atoms with E-state index < -0.39 is 0 Å². The highest BCUT2D eigenvalue weighted by molar-refractivity contribution is 7.99. The number of hydrogen-bond donors (Lipinski definition) is 3. The van der Waals surface area contributed by atoms with E-state index in [4.69, 9.17) is 17.3 Å². The maximum Gasteiger partial charge on any atom is 0.278 e.